The van der Waals surface area contributed by atoms with Crippen LogP contribution >= 0.6 is 0 Å². The van der Waals surface area contributed by atoms with E-state index in [1.54, 1.807) is 12.1 Å². The lowest BCUT2D eigenvalue weighted by Crippen LogP contribution is -2.38. The first kappa shape index (κ1) is 20.3. The molecule has 0 radical (unpaired) electrons. The summed E-state index contributed by atoms with van der Waals surface area (Å²) in [5, 5.41) is 13.0. The van der Waals surface area contributed by atoms with Gasteiger partial charge in [0, 0.05) is 47.5 Å². The number of carboxylic acid groups (broad SMARTS) is 1. The van der Waals surface area contributed by atoms with Crippen molar-refractivity contribution < 1.29 is 24.2 Å². The van der Waals surface area contributed by atoms with Crippen molar-refractivity contribution in [3.8, 4) is 5.75 Å². The Morgan fingerprint density at radius 2 is 2.00 bits per heavy atom. The van der Waals surface area contributed by atoms with E-state index in [9.17, 15) is 14.7 Å². The van der Waals surface area contributed by atoms with Crippen molar-refractivity contribution in [1.29, 1.82) is 0 Å². The normalized spacial score (nSPS) is 17.5. The van der Waals surface area contributed by atoms with Gasteiger partial charge < -0.3 is 24.9 Å². The largest absolute Gasteiger partial charge is 0.492 e. The summed E-state index contributed by atoms with van der Waals surface area (Å²) in [6, 6.07) is 12.4. The summed E-state index contributed by atoms with van der Waals surface area (Å²) >= 11 is 0. The van der Waals surface area contributed by atoms with Crippen LogP contribution in [-0.2, 0) is 9.53 Å². The van der Waals surface area contributed by atoms with Crippen LogP contribution in [0.1, 0.15) is 21.6 Å². The molecule has 0 atom stereocenters. The molecule has 3 heterocycles. The highest BCUT2D eigenvalue weighted by molar-refractivity contribution is 6.35. The van der Waals surface area contributed by atoms with E-state index in [1.165, 1.54) is 12.1 Å². The fraction of sp³-hybridized carbons (Fsp3) is 0.250. The number of anilines is 1. The summed E-state index contributed by atoms with van der Waals surface area (Å²) in [7, 11) is 0. The van der Waals surface area contributed by atoms with Crippen LogP contribution in [0.4, 0.5) is 5.69 Å². The maximum Gasteiger partial charge on any atom is 0.335 e. The molecule has 164 valence electrons. The van der Waals surface area contributed by atoms with Gasteiger partial charge in [-0.15, -0.1) is 0 Å². The molecule has 3 N–H and O–H groups in total. The van der Waals surface area contributed by atoms with Gasteiger partial charge in [0.2, 0.25) is 0 Å². The molecule has 5 rings (SSSR count). The van der Waals surface area contributed by atoms with Crippen LogP contribution in [0.3, 0.4) is 0 Å². The summed E-state index contributed by atoms with van der Waals surface area (Å²) < 4.78 is 11.3. The molecule has 1 aromatic heterocycles. The smallest absolute Gasteiger partial charge is 0.335 e. The van der Waals surface area contributed by atoms with Gasteiger partial charge in [-0.05, 0) is 48.5 Å². The minimum absolute atomic E-state index is 0.140. The van der Waals surface area contributed by atoms with Crippen LogP contribution in [0.5, 0.6) is 5.75 Å². The van der Waals surface area contributed by atoms with E-state index < -0.39 is 5.97 Å². The molecule has 0 bridgehead atoms. The van der Waals surface area contributed by atoms with Crippen LogP contribution in [0.2, 0.25) is 0 Å². The zero-order chi connectivity index (χ0) is 22.1. The maximum atomic E-state index is 12.5. The Labute approximate surface area is 184 Å². The number of carboxylic acids is 1. The number of hydrogen-bond acceptors (Lipinski definition) is 5. The number of rotatable bonds is 6. The Kier molecular flexibility index (Phi) is 5.38. The molecule has 2 aliphatic heterocycles. The summed E-state index contributed by atoms with van der Waals surface area (Å²) in [4.78, 5) is 29.4. The van der Waals surface area contributed by atoms with Gasteiger partial charge in [-0.1, -0.05) is 0 Å². The average molecular weight is 433 g/mol. The molecule has 8 nitrogen and oxygen atoms in total. The first-order valence-electron chi connectivity index (χ1n) is 10.5. The molecule has 0 aliphatic carbocycles. The van der Waals surface area contributed by atoms with Crippen molar-refractivity contribution in [3.05, 3.63) is 59.3 Å². The van der Waals surface area contributed by atoms with Crippen LogP contribution < -0.4 is 10.1 Å². The highest BCUT2D eigenvalue weighted by Crippen LogP contribution is 2.34. The fourth-order valence-corrected chi connectivity index (χ4v) is 4.04. The number of nitrogens with one attached hydrogen (secondary N) is 2. The van der Waals surface area contributed by atoms with E-state index in [-0.39, 0.29) is 11.5 Å². The van der Waals surface area contributed by atoms with Crippen molar-refractivity contribution in [2.75, 3.05) is 44.8 Å². The fourth-order valence-electron chi connectivity index (χ4n) is 4.04. The zero-order valence-corrected chi connectivity index (χ0v) is 17.4. The standard InChI is InChI=1S/C24H23N3O5/c28-23-20(19-13-15(24(29)30)1-3-22(19)26-23)14-17-11-16-12-18(2-4-21(16)25-17)32-10-7-27-5-8-31-9-6-27/h1-4,11-14,25H,5-10H2,(H,26,28)(H,29,30). The Morgan fingerprint density at radius 1 is 1.16 bits per heavy atom. The van der Waals surface area contributed by atoms with E-state index in [1.807, 2.05) is 24.3 Å². The minimum Gasteiger partial charge on any atom is -0.492 e. The minimum atomic E-state index is -1.03. The van der Waals surface area contributed by atoms with Gasteiger partial charge in [0.1, 0.15) is 12.4 Å². The number of ether oxygens (including phenoxy) is 2. The highest BCUT2D eigenvalue weighted by atomic mass is 16.5. The molecule has 0 saturated carbocycles. The van der Waals surface area contributed by atoms with Crippen LogP contribution in [-0.4, -0.2) is 66.3 Å². The number of carbonyl (C=O) groups is 2. The van der Waals surface area contributed by atoms with Crippen LogP contribution in [0.15, 0.2) is 42.5 Å². The Hall–Kier alpha value is -3.62. The van der Waals surface area contributed by atoms with E-state index in [2.05, 4.69) is 15.2 Å². The predicted octanol–water partition coefficient (Wildman–Crippen LogP) is 3.07. The SMILES string of the molecule is O=C1Nc2ccc(C(=O)O)cc2C1=Cc1cc2cc(OCCN3CCOCC3)ccc2[nH]1. The number of aromatic carboxylic acids is 1. The van der Waals surface area contributed by atoms with Crippen LogP contribution in [0, 0.1) is 0 Å². The lowest BCUT2D eigenvalue weighted by atomic mass is 10.0. The summed E-state index contributed by atoms with van der Waals surface area (Å²) in [6.07, 6.45) is 1.74. The number of morpholine rings is 1. The van der Waals surface area contributed by atoms with Crippen LogP contribution in [0.25, 0.3) is 22.6 Å². The first-order valence-corrected chi connectivity index (χ1v) is 10.5. The summed E-state index contributed by atoms with van der Waals surface area (Å²) in [6.45, 7) is 4.88. The van der Waals surface area contributed by atoms with E-state index in [0.717, 1.165) is 55.2 Å². The number of nitrogens with zero attached hydrogens (tertiary/aromatic N) is 1. The Balaban J connectivity index is 1.34. The van der Waals surface area contributed by atoms with Crippen molar-refractivity contribution in [3.63, 3.8) is 0 Å². The number of amides is 1. The number of aromatic amines is 1. The van der Waals surface area contributed by atoms with E-state index in [4.69, 9.17) is 9.47 Å². The van der Waals surface area contributed by atoms with Crippen molar-refractivity contribution >= 4 is 40.1 Å². The lowest BCUT2D eigenvalue weighted by Gasteiger charge is -2.26. The second-order valence-corrected chi connectivity index (χ2v) is 7.85. The molecule has 1 saturated heterocycles. The molecule has 2 aliphatic rings. The molecule has 0 unspecified atom stereocenters. The number of aromatic nitrogens is 1. The summed E-state index contributed by atoms with van der Waals surface area (Å²) in [5.41, 5.74) is 3.44. The second-order valence-electron chi connectivity index (χ2n) is 7.85. The zero-order valence-electron chi connectivity index (χ0n) is 17.4. The third-order valence-corrected chi connectivity index (χ3v) is 5.74. The number of H-pyrrole nitrogens is 1. The molecule has 1 amide bonds. The number of hydrogen-bond donors (Lipinski definition) is 3. The molecule has 2 aromatic carbocycles. The Morgan fingerprint density at radius 3 is 2.81 bits per heavy atom. The Bertz CT molecular complexity index is 1220. The predicted molar refractivity (Wildman–Crippen MR) is 121 cm³/mol. The molecule has 8 heteroatoms. The number of fused-ring (bicyclic) bond motifs is 2. The number of benzene rings is 2. The highest BCUT2D eigenvalue weighted by Gasteiger charge is 2.25. The van der Waals surface area contributed by atoms with Gasteiger partial charge in [-0.2, -0.15) is 0 Å². The van der Waals surface area contributed by atoms with Crippen molar-refractivity contribution in [2.45, 2.75) is 0 Å². The molecule has 3 aromatic rings. The molecule has 0 spiro atoms. The third kappa shape index (κ3) is 4.10. The van der Waals surface area contributed by atoms with E-state index >= 15 is 0 Å². The lowest BCUT2D eigenvalue weighted by molar-refractivity contribution is -0.110. The van der Waals surface area contributed by atoms with Gasteiger partial charge in [0.15, 0.2) is 0 Å². The van der Waals surface area contributed by atoms with E-state index in [0.29, 0.717) is 23.4 Å². The van der Waals surface area contributed by atoms with Crippen molar-refractivity contribution in [1.82, 2.24) is 9.88 Å². The molecular weight excluding hydrogens is 410 g/mol. The molecule has 32 heavy (non-hydrogen) atoms. The summed E-state index contributed by atoms with van der Waals surface area (Å²) in [5.74, 6) is -0.495. The monoisotopic (exact) mass is 433 g/mol. The first-order chi connectivity index (χ1) is 15.6. The van der Waals surface area contributed by atoms with Crippen molar-refractivity contribution in [2.24, 2.45) is 0 Å². The van der Waals surface area contributed by atoms with Gasteiger partial charge in [0.25, 0.3) is 5.91 Å². The number of carbonyl (C=O) groups excluding carboxylic acids is 1. The molecular formula is C24H23N3O5. The molecule has 1 fully saturated rings. The quantitative estimate of drug-likeness (QED) is 0.516. The third-order valence-electron chi connectivity index (χ3n) is 5.74. The maximum absolute atomic E-state index is 12.5. The van der Waals surface area contributed by atoms with Gasteiger partial charge >= 0.3 is 5.97 Å². The van der Waals surface area contributed by atoms with Gasteiger partial charge in [0.05, 0.1) is 24.4 Å². The topological polar surface area (TPSA) is 104 Å². The average Bonchev–Trinajstić information content (AvgIpc) is 3.34. The van der Waals surface area contributed by atoms with Gasteiger partial charge in [-0.3, -0.25) is 9.69 Å². The van der Waals surface area contributed by atoms with Gasteiger partial charge in [-0.25, -0.2) is 4.79 Å². The second kappa shape index (κ2) is 8.49.